The Labute approximate surface area is 254 Å². The number of imidazole rings is 1. The van der Waals surface area contributed by atoms with E-state index in [2.05, 4.69) is 102 Å². The minimum Gasteiger partial charge on any atom is -0.294 e. The predicted molar refractivity (Wildman–Crippen MR) is 179 cm³/mol. The summed E-state index contributed by atoms with van der Waals surface area (Å²) in [6.45, 7) is 2.06. The average molecular weight is 587 g/mol. The Kier molecular flexibility index (Phi) is 5.23. The van der Waals surface area contributed by atoms with E-state index in [-0.39, 0.29) is 0 Å². The third kappa shape index (κ3) is 3.39. The summed E-state index contributed by atoms with van der Waals surface area (Å²) < 4.78 is 29.9. The van der Waals surface area contributed by atoms with Gasteiger partial charge in [-0.05, 0) is 84.9 Å². The van der Waals surface area contributed by atoms with Gasteiger partial charge in [-0.25, -0.2) is 13.4 Å². The number of sulfone groups is 1. The standard InChI is InChI=1S/C39H26N2O2S/c1-2-36-40-32-16-9-17-35-39(32)41(36)33-23-27(20-21-34(33)44(35,42)43)38-30-14-7-5-12-28(30)37(29-13-6-8-15-31(29)38)26-19-18-24-10-3-4-11-25(24)22-26/h3-23H,2H2,1H3. The molecule has 5 heteroatoms. The van der Waals surface area contributed by atoms with Crippen LogP contribution in [0.25, 0.3) is 71.3 Å². The Morgan fingerprint density at radius 2 is 1.18 bits per heavy atom. The number of aromatic nitrogens is 2. The molecule has 0 radical (unpaired) electrons. The first-order valence-corrected chi connectivity index (χ1v) is 16.4. The second-order valence-corrected chi connectivity index (χ2v) is 13.3. The van der Waals surface area contributed by atoms with Gasteiger partial charge in [-0.3, -0.25) is 4.57 Å². The quantitative estimate of drug-likeness (QED) is 0.194. The van der Waals surface area contributed by atoms with E-state index in [1.54, 1.807) is 18.2 Å². The lowest BCUT2D eigenvalue weighted by Gasteiger charge is -2.23. The molecule has 44 heavy (non-hydrogen) atoms. The van der Waals surface area contributed by atoms with Gasteiger partial charge in [0, 0.05) is 6.42 Å². The summed E-state index contributed by atoms with van der Waals surface area (Å²) in [6.07, 6.45) is 0.685. The fourth-order valence-electron chi connectivity index (χ4n) is 7.15. The van der Waals surface area contributed by atoms with E-state index in [0.29, 0.717) is 32.9 Å². The van der Waals surface area contributed by atoms with Gasteiger partial charge in [0.15, 0.2) is 0 Å². The molecule has 0 fully saturated rings. The van der Waals surface area contributed by atoms with E-state index in [0.717, 1.165) is 38.5 Å². The van der Waals surface area contributed by atoms with Gasteiger partial charge in [-0.1, -0.05) is 104 Å². The molecule has 0 saturated heterocycles. The largest absolute Gasteiger partial charge is 0.294 e. The Bertz CT molecular complexity index is 2560. The van der Waals surface area contributed by atoms with Crippen LogP contribution in [0.15, 0.2) is 137 Å². The van der Waals surface area contributed by atoms with Crippen molar-refractivity contribution in [1.29, 1.82) is 0 Å². The molecule has 4 nitrogen and oxygen atoms in total. The van der Waals surface area contributed by atoms with Crippen LogP contribution in [0.1, 0.15) is 12.7 Å². The number of para-hydroxylation sites is 1. The summed E-state index contributed by atoms with van der Waals surface area (Å²) in [7, 11) is -3.71. The van der Waals surface area contributed by atoms with E-state index in [9.17, 15) is 8.42 Å². The molecule has 1 aliphatic heterocycles. The monoisotopic (exact) mass is 586 g/mol. The van der Waals surface area contributed by atoms with E-state index >= 15 is 0 Å². The zero-order valence-corrected chi connectivity index (χ0v) is 24.8. The Morgan fingerprint density at radius 3 is 1.84 bits per heavy atom. The molecule has 1 aromatic heterocycles. The van der Waals surface area contributed by atoms with E-state index in [1.165, 1.54) is 21.9 Å². The van der Waals surface area contributed by atoms with Crippen molar-refractivity contribution in [1.82, 2.24) is 9.55 Å². The molecule has 210 valence electrons. The number of hydrogen-bond acceptors (Lipinski definition) is 3. The number of aryl methyl sites for hydroxylation is 1. The fraction of sp³-hybridized carbons (Fsp3) is 0.0513. The molecular formula is C39H26N2O2S. The second kappa shape index (κ2) is 9.12. The van der Waals surface area contributed by atoms with Crippen molar-refractivity contribution in [2.75, 3.05) is 0 Å². The molecule has 1 aliphatic rings. The Hall–Kier alpha value is -5.26. The summed E-state index contributed by atoms with van der Waals surface area (Å²) in [6, 6.07) is 43.4. The van der Waals surface area contributed by atoms with E-state index < -0.39 is 9.84 Å². The van der Waals surface area contributed by atoms with Crippen LogP contribution in [-0.4, -0.2) is 18.0 Å². The fourth-order valence-corrected chi connectivity index (χ4v) is 8.76. The zero-order valence-electron chi connectivity index (χ0n) is 24.0. The van der Waals surface area contributed by atoms with Crippen molar-refractivity contribution < 1.29 is 8.42 Å². The highest BCUT2D eigenvalue weighted by molar-refractivity contribution is 7.92. The summed E-state index contributed by atoms with van der Waals surface area (Å²) in [5, 5.41) is 6.99. The van der Waals surface area contributed by atoms with Crippen LogP contribution in [-0.2, 0) is 16.3 Å². The van der Waals surface area contributed by atoms with E-state index in [1.807, 2.05) is 18.2 Å². The number of benzene rings is 7. The van der Waals surface area contributed by atoms with Gasteiger partial charge in [-0.15, -0.1) is 0 Å². The molecule has 9 rings (SSSR count). The van der Waals surface area contributed by atoms with Crippen LogP contribution < -0.4 is 0 Å². The topological polar surface area (TPSA) is 52.0 Å². The molecule has 0 aliphatic carbocycles. The molecular weight excluding hydrogens is 561 g/mol. The van der Waals surface area contributed by atoms with Crippen molar-refractivity contribution >= 4 is 53.2 Å². The summed E-state index contributed by atoms with van der Waals surface area (Å²) >= 11 is 0. The number of fused-ring (bicyclic) bond motifs is 5. The molecule has 0 bridgehead atoms. The highest BCUT2D eigenvalue weighted by Crippen LogP contribution is 2.46. The van der Waals surface area contributed by atoms with Gasteiger partial charge in [0.25, 0.3) is 0 Å². The lowest BCUT2D eigenvalue weighted by Crippen LogP contribution is -2.16. The summed E-state index contributed by atoms with van der Waals surface area (Å²) in [4.78, 5) is 5.47. The van der Waals surface area contributed by atoms with Crippen LogP contribution in [0.2, 0.25) is 0 Å². The van der Waals surface area contributed by atoms with Gasteiger partial charge < -0.3 is 0 Å². The molecule has 2 heterocycles. The maximum Gasteiger partial charge on any atom is 0.210 e. The maximum atomic E-state index is 13.9. The Balaban J connectivity index is 1.38. The van der Waals surface area contributed by atoms with Crippen LogP contribution >= 0.6 is 0 Å². The molecule has 0 N–H and O–H groups in total. The maximum absolute atomic E-state index is 13.9. The molecule has 0 amide bonds. The van der Waals surface area contributed by atoms with E-state index in [4.69, 9.17) is 4.98 Å². The SMILES string of the molecule is CCc1nc2cccc3c2n1-c1cc(-c2c4ccccc4c(-c4ccc5ccccc5c4)c4ccccc24)ccc1S3(=O)=O. The number of hydrogen-bond donors (Lipinski definition) is 0. The number of rotatable bonds is 3. The molecule has 0 unspecified atom stereocenters. The highest BCUT2D eigenvalue weighted by atomic mass is 32.2. The van der Waals surface area contributed by atoms with Gasteiger partial charge in [0.1, 0.15) is 5.82 Å². The molecule has 8 aromatic rings. The lowest BCUT2D eigenvalue weighted by molar-refractivity contribution is 0.594. The highest BCUT2D eigenvalue weighted by Gasteiger charge is 2.33. The van der Waals surface area contributed by atoms with Crippen molar-refractivity contribution in [2.24, 2.45) is 0 Å². The molecule has 0 atom stereocenters. The van der Waals surface area contributed by atoms with Gasteiger partial charge in [-0.2, -0.15) is 0 Å². The lowest BCUT2D eigenvalue weighted by atomic mass is 9.85. The zero-order chi connectivity index (χ0) is 29.6. The van der Waals surface area contributed by atoms with Gasteiger partial charge >= 0.3 is 0 Å². The molecule has 7 aromatic carbocycles. The minimum absolute atomic E-state index is 0.315. The second-order valence-electron chi connectivity index (χ2n) is 11.4. The predicted octanol–water partition coefficient (Wildman–Crippen LogP) is 9.53. The summed E-state index contributed by atoms with van der Waals surface area (Å²) in [5.74, 6) is 0.849. The first-order valence-electron chi connectivity index (χ1n) is 14.9. The third-order valence-corrected chi connectivity index (χ3v) is 10.9. The third-order valence-electron chi connectivity index (χ3n) is 9.06. The van der Waals surface area contributed by atoms with Crippen molar-refractivity contribution in [3.05, 3.63) is 133 Å². The molecule has 0 saturated carbocycles. The first kappa shape index (κ1) is 25.3. The molecule has 0 spiro atoms. The van der Waals surface area contributed by atoms with Crippen molar-refractivity contribution in [2.45, 2.75) is 23.1 Å². The normalized spacial score (nSPS) is 13.6. The van der Waals surface area contributed by atoms with Crippen LogP contribution in [0.3, 0.4) is 0 Å². The minimum atomic E-state index is -3.71. The average Bonchev–Trinajstić information content (AvgIpc) is 3.45. The van der Waals surface area contributed by atoms with Crippen molar-refractivity contribution in [3.8, 4) is 27.9 Å². The Morgan fingerprint density at radius 1 is 0.591 bits per heavy atom. The van der Waals surface area contributed by atoms with Crippen molar-refractivity contribution in [3.63, 3.8) is 0 Å². The van der Waals surface area contributed by atoms with Gasteiger partial charge in [0.05, 0.1) is 26.5 Å². The summed E-state index contributed by atoms with van der Waals surface area (Å²) in [5.41, 5.74) is 6.46. The smallest absolute Gasteiger partial charge is 0.210 e. The van der Waals surface area contributed by atoms with Gasteiger partial charge in [0.2, 0.25) is 9.84 Å². The first-order chi connectivity index (χ1) is 21.5. The van der Waals surface area contributed by atoms with Crippen LogP contribution in [0.4, 0.5) is 0 Å². The van der Waals surface area contributed by atoms with Crippen LogP contribution in [0, 0.1) is 0 Å². The number of nitrogens with zero attached hydrogens (tertiary/aromatic N) is 2. The van der Waals surface area contributed by atoms with Crippen LogP contribution in [0.5, 0.6) is 0 Å².